The van der Waals surface area contributed by atoms with Crippen molar-refractivity contribution in [3.63, 3.8) is 0 Å². The lowest BCUT2D eigenvalue weighted by atomic mass is 10.0. The number of rotatable bonds is 9. The van der Waals surface area contributed by atoms with E-state index in [1.165, 1.54) is 17.2 Å². The van der Waals surface area contributed by atoms with Crippen LogP contribution in [0.2, 0.25) is 0 Å². The molecule has 0 radical (unpaired) electrons. The van der Waals surface area contributed by atoms with Gasteiger partial charge >= 0.3 is 0 Å². The molecule has 3 nitrogen and oxygen atoms in total. The van der Waals surface area contributed by atoms with Crippen molar-refractivity contribution < 1.29 is 15.3 Å². The lowest BCUT2D eigenvalue weighted by Crippen LogP contribution is -2.06. The van der Waals surface area contributed by atoms with Crippen molar-refractivity contribution in [1.29, 1.82) is 0 Å². The Kier molecular flexibility index (Phi) is 8.50. The fourth-order valence-corrected chi connectivity index (χ4v) is 2.68. The van der Waals surface area contributed by atoms with Gasteiger partial charge in [0.15, 0.2) is 0 Å². The molecule has 1 aromatic carbocycles. The molecule has 0 amide bonds. The molecule has 0 aliphatic rings. The third-order valence-corrected chi connectivity index (χ3v) is 4.50. The molecule has 0 bridgehead atoms. The van der Waals surface area contributed by atoms with Crippen LogP contribution in [0.25, 0.3) is 0 Å². The third kappa shape index (κ3) is 7.61. The summed E-state index contributed by atoms with van der Waals surface area (Å²) in [4.78, 5) is 0. The third-order valence-electron chi connectivity index (χ3n) is 4.50. The van der Waals surface area contributed by atoms with Gasteiger partial charge in [-0.25, -0.2) is 0 Å². The SMILES string of the molecule is C=C(C)C(O)CC/C(C)=C/CC/C(C)=C/Cc1c(C)cc(O)cc1O. The summed E-state index contributed by atoms with van der Waals surface area (Å²) in [6, 6.07) is 3.06. The van der Waals surface area contributed by atoms with Gasteiger partial charge in [0.05, 0.1) is 6.10 Å². The molecular formula is C22H32O3. The molecule has 0 saturated heterocycles. The first kappa shape index (κ1) is 21.0. The van der Waals surface area contributed by atoms with Crippen molar-refractivity contribution in [3.05, 3.63) is 58.7 Å². The Hall–Kier alpha value is -2.00. The number of allylic oxidation sites excluding steroid dienone is 4. The Morgan fingerprint density at radius 1 is 1.08 bits per heavy atom. The molecule has 138 valence electrons. The van der Waals surface area contributed by atoms with E-state index in [-0.39, 0.29) is 11.5 Å². The van der Waals surface area contributed by atoms with Gasteiger partial charge in [-0.1, -0.05) is 35.5 Å². The summed E-state index contributed by atoms with van der Waals surface area (Å²) in [5.74, 6) is 0.241. The molecule has 25 heavy (non-hydrogen) atoms. The van der Waals surface area contributed by atoms with Crippen LogP contribution in [0.3, 0.4) is 0 Å². The van der Waals surface area contributed by atoms with E-state index >= 15 is 0 Å². The molecule has 1 rings (SSSR count). The van der Waals surface area contributed by atoms with Crippen LogP contribution in [0.5, 0.6) is 11.5 Å². The van der Waals surface area contributed by atoms with Crippen LogP contribution in [0.15, 0.2) is 47.6 Å². The summed E-state index contributed by atoms with van der Waals surface area (Å²) in [5.41, 5.74) is 5.14. The minimum atomic E-state index is -0.411. The molecule has 0 aliphatic carbocycles. The first-order valence-corrected chi connectivity index (χ1v) is 8.87. The molecule has 1 aromatic rings. The maximum absolute atomic E-state index is 9.95. The molecular weight excluding hydrogens is 312 g/mol. The number of aliphatic hydroxyl groups is 1. The Balaban J connectivity index is 2.49. The van der Waals surface area contributed by atoms with Crippen LogP contribution in [0, 0.1) is 6.92 Å². The number of aromatic hydroxyl groups is 2. The zero-order valence-electron chi connectivity index (χ0n) is 16.0. The van der Waals surface area contributed by atoms with Gasteiger partial charge in [0, 0.05) is 11.6 Å². The van der Waals surface area contributed by atoms with Crippen LogP contribution < -0.4 is 0 Å². The average Bonchev–Trinajstić information content (AvgIpc) is 2.51. The maximum atomic E-state index is 9.95. The van der Waals surface area contributed by atoms with E-state index in [2.05, 4.69) is 32.6 Å². The van der Waals surface area contributed by atoms with Gasteiger partial charge in [0.1, 0.15) is 11.5 Å². The van der Waals surface area contributed by atoms with Crippen LogP contribution in [0.1, 0.15) is 57.6 Å². The van der Waals surface area contributed by atoms with Gasteiger partial charge in [-0.05, 0) is 71.4 Å². The number of aryl methyl sites for hydroxylation is 1. The Morgan fingerprint density at radius 3 is 2.32 bits per heavy atom. The van der Waals surface area contributed by atoms with Gasteiger partial charge < -0.3 is 15.3 Å². The number of phenols is 2. The van der Waals surface area contributed by atoms with Crippen molar-refractivity contribution >= 4 is 0 Å². The second-order valence-electron chi connectivity index (χ2n) is 7.00. The van der Waals surface area contributed by atoms with Crippen molar-refractivity contribution in [2.45, 2.75) is 65.9 Å². The molecule has 0 aromatic heterocycles. The molecule has 3 N–H and O–H groups in total. The number of hydrogen-bond acceptors (Lipinski definition) is 3. The summed E-state index contributed by atoms with van der Waals surface area (Å²) in [7, 11) is 0. The van der Waals surface area contributed by atoms with Crippen molar-refractivity contribution in [2.24, 2.45) is 0 Å². The second-order valence-corrected chi connectivity index (χ2v) is 7.00. The molecule has 1 unspecified atom stereocenters. The van der Waals surface area contributed by atoms with Crippen molar-refractivity contribution in [1.82, 2.24) is 0 Å². The topological polar surface area (TPSA) is 60.7 Å². The molecule has 0 aliphatic heterocycles. The lowest BCUT2D eigenvalue weighted by Gasteiger charge is -2.10. The fraction of sp³-hybridized carbons (Fsp3) is 0.455. The van der Waals surface area contributed by atoms with Crippen molar-refractivity contribution in [3.8, 4) is 11.5 Å². The minimum absolute atomic E-state index is 0.0943. The average molecular weight is 344 g/mol. The lowest BCUT2D eigenvalue weighted by molar-refractivity contribution is 0.201. The molecule has 0 spiro atoms. The highest BCUT2D eigenvalue weighted by molar-refractivity contribution is 5.45. The number of phenolic OH excluding ortho intramolecular Hbond substituents is 2. The predicted molar refractivity (Wildman–Crippen MR) is 105 cm³/mol. The van der Waals surface area contributed by atoms with Crippen LogP contribution >= 0.6 is 0 Å². The van der Waals surface area contributed by atoms with Crippen LogP contribution in [-0.4, -0.2) is 21.4 Å². The Morgan fingerprint density at radius 2 is 1.72 bits per heavy atom. The summed E-state index contributed by atoms with van der Waals surface area (Å²) in [5, 5.41) is 29.2. The zero-order chi connectivity index (χ0) is 19.0. The Labute approximate surface area is 152 Å². The van der Waals surface area contributed by atoms with Gasteiger partial charge in [-0.15, -0.1) is 0 Å². The largest absolute Gasteiger partial charge is 0.508 e. The minimum Gasteiger partial charge on any atom is -0.508 e. The van der Waals surface area contributed by atoms with E-state index in [1.54, 1.807) is 6.07 Å². The van der Waals surface area contributed by atoms with E-state index in [1.807, 2.05) is 13.8 Å². The number of benzene rings is 1. The fourth-order valence-electron chi connectivity index (χ4n) is 2.68. The Bertz CT molecular complexity index is 630. The second kappa shape index (κ2) is 10.1. The van der Waals surface area contributed by atoms with E-state index < -0.39 is 6.10 Å². The first-order chi connectivity index (χ1) is 11.7. The van der Waals surface area contributed by atoms with Gasteiger partial charge in [0.25, 0.3) is 0 Å². The first-order valence-electron chi connectivity index (χ1n) is 8.87. The number of hydrogen-bond donors (Lipinski definition) is 3. The quantitative estimate of drug-likeness (QED) is 0.530. The normalized spacial score (nSPS) is 13.8. The van der Waals surface area contributed by atoms with Gasteiger partial charge in [-0.2, -0.15) is 0 Å². The van der Waals surface area contributed by atoms with Crippen molar-refractivity contribution in [2.75, 3.05) is 0 Å². The van der Waals surface area contributed by atoms with Gasteiger partial charge in [-0.3, -0.25) is 0 Å². The number of aliphatic hydroxyl groups excluding tert-OH is 1. The maximum Gasteiger partial charge on any atom is 0.123 e. The summed E-state index contributed by atoms with van der Waals surface area (Å²) in [6.07, 6.45) is 8.17. The van der Waals surface area contributed by atoms with E-state index in [0.717, 1.165) is 42.4 Å². The predicted octanol–water partition coefficient (Wildman–Crippen LogP) is 5.34. The zero-order valence-corrected chi connectivity index (χ0v) is 16.0. The smallest absolute Gasteiger partial charge is 0.123 e. The summed E-state index contributed by atoms with van der Waals surface area (Å²) >= 11 is 0. The molecule has 3 heteroatoms. The highest BCUT2D eigenvalue weighted by atomic mass is 16.3. The van der Waals surface area contributed by atoms with E-state index in [9.17, 15) is 15.3 Å². The van der Waals surface area contributed by atoms with Crippen LogP contribution in [0.4, 0.5) is 0 Å². The van der Waals surface area contributed by atoms with Gasteiger partial charge in [0.2, 0.25) is 0 Å². The monoisotopic (exact) mass is 344 g/mol. The highest BCUT2D eigenvalue weighted by Gasteiger charge is 2.06. The summed E-state index contributed by atoms with van der Waals surface area (Å²) < 4.78 is 0. The molecule has 0 heterocycles. The van der Waals surface area contributed by atoms with Crippen LogP contribution in [-0.2, 0) is 6.42 Å². The summed E-state index contributed by atoms with van der Waals surface area (Å²) in [6.45, 7) is 11.7. The molecule has 0 saturated carbocycles. The molecule has 0 fully saturated rings. The van der Waals surface area contributed by atoms with E-state index in [4.69, 9.17) is 0 Å². The standard InChI is InChI=1S/C22H32O3/c1-15(2)21(24)12-10-17(4)8-6-7-16(3)9-11-20-18(5)13-19(23)14-22(20)25/h8-9,13-14,21,23-25H,1,6-7,10-12H2,2-5H3/b16-9+,17-8+. The molecule has 1 atom stereocenters. The highest BCUT2D eigenvalue weighted by Crippen LogP contribution is 2.27. The van der Waals surface area contributed by atoms with E-state index in [0.29, 0.717) is 6.42 Å².